The second kappa shape index (κ2) is 9.39. The summed E-state index contributed by atoms with van der Waals surface area (Å²) in [6.45, 7) is 3.15. The van der Waals surface area contributed by atoms with E-state index < -0.39 is 0 Å². The fourth-order valence-electron chi connectivity index (χ4n) is 2.91. The van der Waals surface area contributed by atoms with E-state index >= 15 is 0 Å². The maximum Gasteiger partial charge on any atom is 0.106 e. The van der Waals surface area contributed by atoms with Crippen molar-refractivity contribution in [3.05, 3.63) is 0 Å². The molecule has 0 aliphatic heterocycles. The fraction of sp³-hybridized carbons (Fsp3) is 0.938. The maximum absolute atomic E-state index is 9.56. The summed E-state index contributed by atoms with van der Waals surface area (Å²) in [5, 5.41) is 13.1. The molecule has 1 aliphatic rings. The molecule has 2 nitrogen and oxygen atoms in total. The molecule has 0 amide bonds. The molecule has 104 valence electrons. The molecule has 1 rings (SSSR count). The number of hydrogen-bond acceptors (Lipinski definition) is 2. The van der Waals surface area contributed by atoms with Crippen LogP contribution in [-0.4, -0.2) is 12.1 Å². The normalized spacial score (nSPS) is 22.4. The average Bonchev–Trinajstić information content (AvgIpc) is 2.39. The van der Waals surface area contributed by atoms with E-state index in [9.17, 15) is 5.26 Å². The topological polar surface area (TPSA) is 35.8 Å². The van der Waals surface area contributed by atoms with Crippen molar-refractivity contribution in [2.45, 2.75) is 89.5 Å². The Morgan fingerprint density at radius 3 is 1.72 bits per heavy atom. The van der Waals surface area contributed by atoms with Gasteiger partial charge in [-0.1, -0.05) is 64.7 Å². The summed E-state index contributed by atoms with van der Waals surface area (Å²) in [4.78, 5) is 0. The van der Waals surface area contributed by atoms with Crippen molar-refractivity contribution in [2.75, 3.05) is 6.54 Å². The predicted molar refractivity (Wildman–Crippen MR) is 77.4 cm³/mol. The number of nitrogens with one attached hydrogen (secondary N) is 1. The average molecular weight is 250 g/mol. The lowest BCUT2D eigenvalue weighted by atomic mass is 9.86. The summed E-state index contributed by atoms with van der Waals surface area (Å²) in [5.74, 6) is 0. The molecule has 0 radical (unpaired) electrons. The van der Waals surface area contributed by atoms with Crippen molar-refractivity contribution in [1.82, 2.24) is 5.32 Å². The van der Waals surface area contributed by atoms with E-state index in [-0.39, 0.29) is 5.54 Å². The molecular weight excluding hydrogens is 220 g/mol. The van der Waals surface area contributed by atoms with Gasteiger partial charge in [-0.05, 0) is 25.8 Å². The zero-order valence-corrected chi connectivity index (χ0v) is 12.1. The van der Waals surface area contributed by atoms with Crippen LogP contribution in [0.4, 0.5) is 0 Å². The van der Waals surface area contributed by atoms with Crippen molar-refractivity contribution in [3.63, 3.8) is 0 Å². The van der Waals surface area contributed by atoms with Crippen molar-refractivity contribution in [3.8, 4) is 6.07 Å². The lowest BCUT2D eigenvalue weighted by Gasteiger charge is -2.28. The summed E-state index contributed by atoms with van der Waals surface area (Å²) >= 11 is 0. The minimum absolute atomic E-state index is 0.227. The number of rotatable bonds is 3. The van der Waals surface area contributed by atoms with Gasteiger partial charge in [-0.15, -0.1) is 0 Å². The Balaban J connectivity index is 2.50. The molecule has 0 bridgehead atoms. The molecule has 0 spiro atoms. The summed E-state index contributed by atoms with van der Waals surface area (Å²) in [5.41, 5.74) is -0.227. The van der Waals surface area contributed by atoms with Gasteiger partial charge in [0.25, 0.3) is 0 Å². The van der Waals surface area contributed by atoms with Crippen LogP contribution in [0, 0.1) is 11.3 Å². The van der Waals surface area contributed by atoms with Gasteiger partial charge in [-0.25, -0.2) is 0 Å². The van der Waals surface area contributed by atoms with Crippen molar-refractivity contribution in [1.29, 1.82) is 5.26 Å². The van der Waals surface area contributed by atoms with Crippen LogP contribution in [0.1, 0.15) is 84.0 Å². The van der Waals surface area contributed by atoms with E-state index in [1.165, 1.54) is 57.8 Å². The van der Waals surface area contributed by atoms with E-state index in [1.54, 1.807) is 0 Å². The minimum atomic E-state index is -0.227. The van der Waals surface area contributed by atoms with Crippen LogP contribution >= 0.6 is 0 Å². The van der Waals surface area contributed by atoms with Gasteiger partial charge in [0.1, 0.15) is 5.54 Å². The zero-order valence-electron chi connectivity index (χ0n) is 12.1. The largest absolute Gasteiger partial charge is 0.299 e. The second-order valence-corrected chi connectivity index (χ2v) is 5.80. The van der Waals surface area contributed by atoms with Gasteiger partial charge in [0.05, 0.1) is 6.07 Å². The van der Waals surface area contributed by atoms with E-state index in [4.69, 9.17) is 0 Å². The van der Waals surface area contributed by atoms with Gasteiger partial charge < -0.3 is 0 Å². The smallest absolute Gasteiger partial charge is 0.106 e. The van der Waals surface area contributed by atoms with Gasteiger partial charge in [0.15, 0.2) is 0 Å². The molecule has 1 aliphatic carbocycles. The highest BCUT2D eigenvalue weighted by Crippen LogP contribution is 2.24. The molecule has 1 fully saturated rings. The Morgan fingerprint density at radius 2 is 1.33 bits per heavy atom. The zero-order chi connectivity index (χ0) is 13.1. The number of nitriles is 1. The van der Waals surface area contributed by atoms with E-state index in [2.05, 4.69) is 18.3 Å². The molecule has 0 aromatic carbocycles. The van der Waals surface area contributed by atoms with Crippen molar-refractivity contribution < 1.29 is 0 Å². The van der Waals surface area contributed by atoms with Crippen LogP contribution in [0.2, 0.25) is 0 Å². The van der Waals surface area contributed by atoms with Gasteiger partial charge >= 0.3 is 0 Å². The molecular formula is C16H30N2. The third kappa shape index (κ3) is 5.87. The Bertz CT molecular complexity index is 230. The first-order valence-electron chi connectivity index (χ1n) is 7.99. The quantitative estimate of drug-likeness (QED) is 0.797. The van der Waals surface area contributed by atoms with E-state index in [1.807, 2.05) is 0 Å². The van der Waals surface area contributed by atoms with Crippen LogP contribution < -0.4 is 5.32 Å². The lowest BCUT2D eigenvalue weighted by molar-refractivity contribution is 0.330. The fourth-order valence-corrected chi connectivity index (χ4v) is 2.91. The monoisotopic (exact) mass is 250 g/mol. The molecule has 0 aromatic heterocycles. The Hall–Kier alpha value is -0.550. The standard InChI is InChI=1S/C16H30N2/c1-2-14-18-16(15-17)12-10-8-6-4-3-5-7-9-11-13-16/h18H,2-14H2,1H3. The summed E-state index contributed by atoms with van der Waals surface area (Å²) in [6.07, 6.45) is 15.1. The Morgan fingerprint density at radius 1 is 0.889 bits per heavy atom. The molecule has 1 saturated carbocycles. The third-order valence-electron chi connectivity index (χ3n) is 4.13. The van der Waals surface area contributed by atoms with Gasteiger partial charge in [0, 0.05) is 0 Å². The van der Waals surface area contributed by atoms with E-state index in [0.29, 0.717) is 0 Å². The molecule has 0 saturated heterocycles. The highest BCUT2D eigenvalue weighted by Gasteiger charge is 2.27. The van der Waals surface area contributed by atoms with Gasteiger partial charge in [-0.3, -0.25) is 5.32 Å². The highest BCUT2D eigenvalue weighted by molar-refractivity contribution is 5.06. The summed E-state index contributed by atoms with van der Waals surface area (Å²) in [7, 11) is 0. The molecule has 0 heterocycles. The highest BCUT2D eigenvalue weighted by atomic mass is 15.0. The number of hydrogen-bond donors (Lipinski definition) is 1. The van der Waals surface area contributed by atoms with Gasteiger partial charge in [0.2, 0.25) is 0 Å². The first-order chi connectivity index (χ1) is 8.83. The Labute approximate surface area is 113 Å². The first-order valence-corrected chi connectivity index (χ1v) is 7.99. The summed E-state index contributed by atoms with van der Waals surface area (Å²) in [6, 6.07) is 2.59. The molecule has 0 aromatic rings. The van der Waals surface area contributed by atoms with Crippen LogP contribution in [0.5, 0.6) is 0 Å². The third-order valence-corrected chi connectivity index (χ3v) is 4.13. The molecule has 2 heteroatoms. The summed E-state index contributed by atoms with van der Waals surface area (Å²) < 4.78 is 0. The Kier molecular flexibility index (Phi) is 8.09. The van der Waals surface area contributed by atoms with Crippen LogP contribution in [0.25, 0.3) is 0 Å². The van der Waals surface area contributed by atoms with Crippen LogP contribution in [0.15, 0.2) is 0 Å². The maximum atomic E-state index is 9.56. The molecule has 18 heavy (non-hydrogen) atoms. The van der Waals surface area contributed by atoms with Crippen LogP contribution in [-0.2, 0) is 0 Å². The first kappa shape index (κ1) is 15.5. The van der Waals surface area contributed by atoms with Crippen LogP contribution in [0.3, 0.4) is 0 Å². The number of nitrogens with zero attached hydrogens (tertiary/aromatic N) is 1. The van der Waals surface area contributed by atoms with E-state index in [0.717, 1.165) is 25.8 Å². The predicted octanol–water partition coefficient (Wildman–Crippen LogP) is 4.55. The lowest BCUT2D eigenvalue weighted by Crippen LogP contribution is -2.44. The second-order valence-electron chi connectivity index (χ2n) is 5.80. The minimum Gasteiger partial charge on any atom is -0.299 e. The van der Waals surface area contributed by atoms with Crippen molar-refractivity contribution in [2.24, 2.45) is 0 Å². The van der Waals surface area contributed by atoms with Gasteiger partial charge in [-0.2, -0.15) is 5.26 Å². The molecule has 0 atom stereocenters. The molecule has 1 N–H and O–H groups in total. The van der Waals surface area contributed by atoms with Crippen molar-refractivity contribution >= 4 is 0 Å². The molecule has 0 unspecified atom stereocenters. The SMILES string of the molecule is CCCNC1(C#N)CCCCCCCCCCC1.